The number of rotatable bonds is 3. The van der Waals surface area contributed by atoms with E-state index in [1.54, 1.807) is 0 Å². The van der Waals surface area contributed by atoms with Crippen molar-refractivity contribution < 1.29 is 14.6 Å². The van der Waals surface area contributed by atoms with E-state index >= 15 is 0 Å². The van der Waals surface area contributed by atoms with Crippen LogP contribution in [0.3, 0.4) is 0 Å². The summed E-state index contributed by atoms with van der Waals surface area (Å²) in [5.41, 5.74) is 5.76. The minimum absolute atomic E-state index is 0.0449. The van der Waals surface area contributed by atoms with Crippen LogP contribution in [0.5, 0.6) is 5.88 Å². The van der Waals surface area contributed by atoms with Gasteiger partial charge in [0, 0.05) is 6.07 Å². The van der Waals surface area contributed by atoms with Gasteiger partial charge in [-0.25, -0.2) is 9.78 Å². The van der Waals surface area contributed by atoms with Gasteiger partial charge in [0.15, 0.2) is 0 Å². The molecule has 1 saturated carbocycles. The van der Waals surface area contributed by atoms with E-state index in [0.29, 0.717) is 11.8 Å². The van der Waals surface area contributed by atoms with Crippen LogP contribution in [0, 0.1) is 5.92 Å². The average Bonchev–Trinajstić information content (AvgIpc) is 2.34. The van der Waals surface area contributed by atoms with Crippen LogP contribution in [0.4, 0.5) is 5.69 Å². The standard InChI is InChI=1S/C13H18N2O3/c1-8-4-2-3-5-11(8)18-12-6-9(13(16)17)10(14)7-15-12/h6-8,11H,2-5,14H2,1H3,(H,16,17). The number of aromatic carboxylic acids is 1. The van der Waals surface area contributed by atoms with Crippen LogP contribution in [-0.2, 0) is 0 Å². The van der Waals surface area contributed by atoms with Gasteiger partial charge < -0.3 is 15.6 Å². The Balaban J connectivity index is 2.14. The number of nitrogens with two attached hydrogens (primary N) is 1. The highest BCUT2D eigenvalue weighted by molar-refractivity contribution is 5.93. The van der Waals surface area contributed by atoms with E-state index in [-0.39, 0.29) is 17.4 Å². The number of nitrogen functional groups attached to an aromatic ring is 1. The highest BCUT2D eigenvalue weighted by Gasteiger charge is 2.23. The number of pyridine rings is 1. The van der Waals surface area contributed by atoms with Crippen LogP contribution in [0.1, 0.15) is 43.0 Å². The van der Waals surface area contributed by atoms with Crippen molar-refractivity contribution in [2.45, 2.75) is 38.7 Å². The number of carbonyl (C=O) groups is 1. The van der Waals surface area contributed by atoms with E-state index in [0.717, 1.165) is 19.3 Å². The molecule has 0 saturated heterocycles. The first-order chi connectivity index (χ1) is 8.58. The average molecular weight is 250 g/mol. The second-order valence-electron chi connectivity index (χ2n) is 4.83. The molecule has 18 heavy (non-hydrogen) atoms. The van der Waals surface area contributed by atoms with Crippen molar-refractivity contribution in [3.63, 3.8) is 0 Å². The quantitative estimate of drug-likeness (QED) is 0.859. The van der Waals surface area contributed by atoms with Gasteiger partial charge in [0.05, 0.1) is 17.4 Å². The second-order valence-corrected chi connectivity index (χ2v) is 4.83. The predicted octanol–water partition coefficient (Wildman–Crippen LogP) is 2.32. The molecular weight excluding hydrogens is 232 g/mol. The highest BCUT2D eigenvalue weighted by Crippen LogP contribution is 2.28. The molecule has 1 aliphatic rings. The molecule has 3 N–H and O–H groups in total. The summed E-state index contributed by atoms with van der Waals surface area (Å²) in [6.45, 7) is 2.15. The fourth-order valence-corrected chi connectivity index (χ4v) is 2.31. The van der Waals surface area contributed by atoms with E-state index in [9.17, 15) is 4.79 Å². The molecule has 1 fully saturated rings. The molecule has 5 heteroatoms. The van der Waals surface area contributed by atoms with Gasteiger partial charge in [-0.1, -0.05) is 13.3 Å². The van der Waals surface area contributed by atoms with Crippen molar-refractivity contribution in [2.75, 3.05) is 5.73 Å². The summed E-state index contributed by atoms with van der Waals surface area (Å²) in [6, 6.07) is 1.40. The number of anilines is 1. The molecule has 98 valence electrons. The van der Waals surface area contributed by atoms with E-state index in [1.165, 1.54) is 18.7 Å². The van der Waals surface area contributed by atoms with Crippen LogP contribution in [-0.4, -0.2) is 22.2 Å². The maximum Gasteiger partial charge on any atom is 0.338 e. The van der Waals surface area contributed by atoms with Gasteiger partial charge in [-0.3, -0.25) is 0 Å². The summed E-state index contributed by atoms with van der Waals surface area (Å²) in [5.74, 6) is -0.233. The molecule has 0 bridgehead atoms. The Morgan fingerprint density at radius 1 is 1.50 bits per heavy atom. The molecule has 0 radical (unpaired) electrons. The molecule has 0 amide bonds. The van der Waals surface area contributed by atoms with Gasteiger partial charge in [-0.05, 0) is 25.2 Å². The zero-order valence-corrected chi connectivity index (χ0v) is 10.4. The Labute approximate surface area is 106 Å². The van der Waals surface area contributed by atoms with Gasteiger partial charge in [0.2, 0.25) is 5.88 Å². The van der Waals surface area contributed by atoms with Crippen molar-refractivity contribution in [1.82, 2.24) is 4.98 Å². The Bertz CT molecular complexity index is 448. The molecule has 0 spiro atoms. The van der Waals surface area contributed by atoms with E-state index in [4.69, 9.17) is 15.6 Å². The molecule has 2 atom stereocenters. The lowest BCUT2D eigenvalue weighted by atomic mass is 9.88. The topological polar surface area (TPSA) is 85.4 Å². The van der Waals surface area contributed by atoms with E-state index in [1.807, 2.05) is 0 Å². The molecule has 1 aromatic heterocycles. The SMILES string of the molecule is CC1CCCCC1Oc1cc(C(=O)O)c(N)cn1. The largest absolute Gasteiger partial charge is 0.478 e. The van der Waals surface area contributed by atoms with E-state index in [2.05, 4.69) is 11.9 Å². The van der Waals surface area contributed by atoms with Crippen molar-refractivity contribution in [3.05, 3.63) is 17.8 Å². The maximum absolute atomic E-state index is 11.0. The van der Waals surface area contributed by atoms with Crippen molar-refractivity contribution in [1.29, 1.82) is 0 Å². The monoisotopic (exact) mass is 250 g/mol. The van der Waals surface area contributed by atoms with Crippen molar-refractivity contribution >= 4 is 11.7 Å². The van der Waals surface area contributed by atoms with Gasteiger partial charge in [0.1, 0.15) is 6.10 Å². The van der Waals surface area contributed by atoms with Gasteiger partial charge in [-0.2, -0.15) is 0 Å². The van der Waals surface area contributed by atoms with Crippen LogP contribution in [0.2, 0.25) is 0 Å². The Hall–Kier alpha value is -1.78. The first kappa shape index (κ1) is 12.7. The van der Waals surface area contributed by atoms with Crippen LogP contribution in [0.25, 0.3) is 0 Å². The fourth-order valence-electron chi connectivity index (χ4n) is 2.31. The third-order valence-corrected chi connectivity index (χ3v) is 3.45. The lowest BCUT2D eigenvalue weighted by Gasteiger charge is -2.28. The van der Waals surface area contributed by atoms with Gasteiger partial charge in [-0.15, -0.1) is 0 Å². The van der Waals surface area contributed by atoms with E-state index < -0.39 is 5.97 Å². The van der Waals surface area contributed by atoms with Crippen LogP contribution < -0.4 is 10.5 Å². The first-order valence-electron chi connectivity index (χ1n) is 6.23. The molecule has 5 nitrogen and oxygen atoms in total. The molecule has 2 rings (SSSR count). The third-order valence-electron chi connectivity index (χ3n) is 3.45. The fraction of sp³-hybridized carbons (Fsp3) is 0.538. The number of carboxylic acids is 1. The molecule has 1 heterocycles. The zero-order valence-electron chi connectivity index (χ0n) is 10.4. The number of hydrogen-bond acceptors (Lipinski definition) is 4. The molecule has 0 aromatic carbocycles. The second kappa shape index (κ2) is 5.25. The predicted molar refractivity (Wildman–Crippen MR) is 67.7 cm³/mol. The molecule has 0 aliphatic heterocycles. The van der Waals surface area contributed by atoms with Crippen molar-refractivity contribution in [3.8, 4) is 5.88 Å². The maximum atomic E-state index is 11.0. The Kier molecular flexibility index (Phi) is 3.69. The molecule has 1 aromatic rings. The zero-order chi connectivity index (χ0) is 13.1. The highest BCUT2D eigenvalue weighted by atomic mass is 16.5. The van der Waals surface area contributed by atoms with Gasteiger partial charge >= 0.3 is 5.97 Å². The smallest absolute Gasteiger partial charge is 0.338 e. The minimum Gasteiger partial charge on any atom is -0.478 e. The third kappa shape index (κ3) is 2.72. The molecular formula is C13H18N2O3. The van der Waals surface area contributed by atoms with Crippen LogP contribution >= 0.6 is 0 Å². The molecule has 1 aliphatic carbocycles. The summed E-state index contributed by atoms with van der Waals surface area (Å²) in [7, 11) is 0. The summed E-state index contributed by atoms with van der Waals surface area (Å²) in [4.78, 5) is 15.0. The summed E-state index contributed by atoms with van der Waals surface area (Å²) in [5, 5.41) is 8.98. The Morgan fingerprint density at radius 3 is 2.89 bits per heavy atom. The molecule has 2 unspecified atom stereocenters. The first-order valence-corrected chi connectivity index (χ1v) is 6.23. The summed E-state index contributed by atoms with van der Waals surface area (Å²) < 4.78 is 5.78. The normalized spacial score (nSPS) is 23.6. The van der Waals surface area contributed by atoms with Gasteiger partial charge in [0.25, 0.3) is 0 Å². The van der Waals surface area contributed by atoms with Crippen molar-refractivity contribution in [2.24, 2.45) is 5.92 Å². The number of ether oxygens (including phenoxy) is 1. The number of aromatic nitrogens is 1. The Morgan fingerprint density at radius 2 is 2.22 bits per heavy atom. The summed E-state index contributed by atoms with van der Waals surface area (Å²) in [6.07, 6.45) is 5.98. The lowest BCUT2D eigenvalue weighted by Crippen LogP contribution is -2.28. The number of carboxylic acid groups (broad SMARTS) is 1. The van der Waals surface area contributed by atoms with Crippen LogP contribution in [0.15, 0.2) is 12.3 Å². The lowest BCUT2D eigenvalue weighted by molar-refractivity contribution is 0.0694. The number of nitrogens with zero attached hydrogens (tertiary/aromatic N) is 1. The summed E-state index contributed by atoms with van der Waals surface area (Å²) >= 11 is 0. The number of hydrogen-bond donors (Lipinski definition) is 2. The minimum atomic E-state index is -1.06.